The molecule has 0 fully saturated rings. The van der Waals surface area contributed by atoms with E-state index >= 15 is 0 Å². The lowest BCUT2D eigenvalue weighted by molar-refractivity contribution is 0.707. The van der Waals surface area contributed by atoms with Gasteiger partial charge in [0, 0.05) is 31.0 Å². The second-order valence-corrected chi connectivity index (χ2v) is 8.03. The first-order valence-corrected chi connectivity index (χ1v) is 10.1. The molecular formula is C24H23N5O2. The Kier molecular flexibility index (Phi) is 4.05. The fourth-order valence-electron chi connectivity index (χ4n) is 4.26. The fraction of sp³-hybridized carbons (Fsp3) is 0.208. The van der Waals surface area contributed by atoms with E-state index < -0.39 is 5.69 Å². The first-order chi connectivity index (χ1) is 14.8. The van der Waals surface area contributed by atoms with E-state index in [1.807, 2.05) is 29.5 Å². The molecule has 7 nitrogen and oxygen atoms in total. The molecule has 2 aromatic carbocycles. The Morgan fingerprint density at radius 3 is 2.23 bits per heavy atom. The number of benzene rings is 2. The summed E-state index contributed by atoms with van der Waals surface area (Å²) in [4.78, 5) is 30.4. The summed E-state index contributed by atoms with van der Waals surface area (Å²) in [5.41, 5.74) is 6.23. The van der Waals surface area contributed by atoms with Gasteiger partial charge in [-0.05, 0) is 44.0 Å². The second-order valence-electron chi connectivity index (χ2n) is 8.03. The molecule has 31 heavy (non-hydrogen) atoms. The van der Waals surface area contributed by atoms with Crippen molar-refractivity contribution in [2.24, 2.45) is 14.1 Å². The summed E-state index contributed by atoms with van der Waals surface area (Å²) in [6.45, 7) is 6.14. The molecule has 0 radical (unpaired) electrons. The highest BCUT2D eigenvalue weighted by atomic mass is 16.2. The van der Waals surface area contributed by atoms with Crippen molar-refractivity contribution in [1.29, 1.82) is 0 Å². The van der Waals surface area contributed by atoms with E-state index in [-0.39, 0.29) is 5.56 Å². The van der Waals surface area contributed by atoms with Crippen molar-refractivity contribution >= 4 is 16.9 Å². The second kappa shape index (κ2) is 6.57. The van der Waals surface area contributed by atoms with Gasteiger partial charge in [-0.25, -0.2) is 4.79 Å². The lowest BCUT2D eigenvalue weighted by Gasteiger charge is -2.12. The molecule has 0 unspecified atom stereocenters. The van der Waals surface area contributed by atoms with Gasteiger partial charge in [0.05, 0.1) is 5.69 Å². The molecule has 0 aliphatic heterocycles. The smallest absolute Gasteiger partial charge is 0.279 e. The third-order valence-electron chi connectivity index (χ3n) is 6.14. The Morgan fingerprint density at radius 2 is 1.55 bits per heavy atom. The third-order valence-corrected chi connectivity index (χ3v) is 6.14. The summed E-state index contributed by atoms with van der Waals surface area (Å²) in [7, 11) is 3.14. The fourth-order valence-corrected chi connectivity index (χ4v) is 4.26. The molecule has 3 aromatic heterocycles. The Hall–Kier alpha value is -3.87. The largest absolute Gasteiger partial charge is 0.332 e. The van der Waals surface area contributed by atoms with E-state index in [4.69, 9.17) is 4.98 Å². The molecule has 0 aliphatic rings. The molecule has 156 valence electrons. The highest BCUT2D eigenvalue weighted by molar-refractivity contribution is 5.81. The van der Waals surface area contributed by atoms with Crippen LogP contribution in [0.15, 0.2) is 58.1 Å². The number of aromatic nitrogens is 5. The first kappa shape index (κ1) is 19.1. The van der Waals surface area contributed by atoms with Gasteiger partial charge >= 0.3 is 5.69 Å². The molecular weight excluding hydrogens is 390 g/mol. The average molecular weight is 413 g/mol. The minimum atomic E-state index is -0.392. The van der Waals surface area contributed by atoms with E-state index in [1.54, 1.807) is 7.05 Å². The van der Waals surface area contributed by atoms with Crippen LogP contribution >= 0.6 is 0 Å². The Bertz CT molecular complexity index is 1610. The van der Waals surface area contributed by atoms with E-state index in [9.17, 15) is 9.59 Å². The maximum Gasteiger partial charge on any atom is 0.332 e. The van der Waals surface area contributed by atoms with Gasteiger partial charge in [0.2, 0.25) is 5.78 Å². The van der Waals surface area contributed by atoms with Crippen LogP contribution < -0.4 is 11.2 Å². The van der Waals surface area contributed by atoms with Crippen LogP contribution in [0.1, 0.15) is 16.8 Å². The van der Waals surface area contributed by atoms with Crippen LogP contribution in [0.3, 0.4) is 0 Å². The number of hydrogen-bond acceptors (Lipinski definition) is 3. The van der Waals surface area contributed by atoms with Crippen molar-refractivity contribution in [1.82, 2.24) is 23.1 Å². The molecule has 0 aliphatic carbocycles. The SMILES string of the molecule is Cc1ccc(-n2c(-c3ccccc3)c(C)n3c4c(=O)n(C)c(=O)n(C)c4nc23)cc1C. The molecule has 0 bridgehead atoms. The van der Waals surface area contributed by atoms with Crippen LogP contribution in [-0.4, -0.2) is 23.1 Å². The predicted molar refractivity (Wildman–Crippen MR) is 122 cm³/mol. The minimum absolute atomic E-state index is 0.356. The minimum Gasteiger partial charge on any atom is -0.279 e. The van der Waals surface area contributed by atoms with Gasteiger partial charge < -0.3 is 0 Å². The lowest BCUT2D eigenvalue weighted by atomic mass is 10.1. The Morgan fingerprint density at radius 1 is 0.839 bits per heavy atom. The number of aryl methyl sites for hydroxylation is 4. The molecule has 5 rings (SSSR count). The van der Waals surface area contributed by atoms with Crippen molar-refractivity contribution < 1.29 is 0 Å². The number of fused-ring (bicyclic) bond motifs is 3. The van der Waals surface area contributed by atoms with E-state index in [0.717, 1.165) is 27.2 Å². The van der Waals surface area contributed by atoms with Crippen molar-refractivity contribution in [2.75, 3.05) is 0 Å². The zero-order valence-electron chi connectivity index (χ0n) is 18.2. The van der Waals surface area contributed by atoms with Crippen LogP contribution in [-0.2, 0) is 14.1 Å². The van der Waals surface area contributed by atoms with Crippen LogP contribution in [0, 0.1) is 20.8 Å². The highest BCUT2D eigenvalue weighted by Gasteiger charge is 2.24. The number of imidazole rings is 2. The number of nitrogens with zero attached hydrogens (tertiary/aromatic N) is 5. The van der Waals surface area contributed by atoms with E-state index in [0.29, 0.717) is 16.9 Å². The van der Waals surface area contributed by atoms with E-state index in [2.05, 4.69) is 48.7 Å². The van der Waals surface area contributed by atoms with Gasteiger partial charge in [0.1, 0.15) is 0 Å². The summed E-state index contributed by atoms with van der Waals surface area (Å²) < 4.78 is 6.50. The maximum atomic E-state index is 13.1. The molecule has 0 saturated heterocycles. The lowest BCUT2D eigenvalue weighted by Crippen LogP contribution is -2.37. The number of rotatable bonds is 2. The molecule has 5 aromatic rings. The van der Waals surface area contributed by atoms with Gasteiger partial charge in [0.15, 0.2) is 11.2 Å². The average Bonchev–Trinajstić information content (AvgIpc) is 3.29. The van der Waals surface area contributed by atoms with E-state index in [1.165, 1.54) is 22.7 Å². The zero-order chi connectivity index (χ0) is 22.0. The predicted octanol–water partition coefficient (Wildman–Crippen LogP) is 3.27. The summed E-state index contributed by atoms with van der Waals surface area (Å²) >= 11 is 0. The quantitative estimate of drug-likeness (QED) is 0.446. The van der Waals surface area contributed by atoms with Crippen molar-refractivity contribution in [3.8, 4) is 16.9 Å². The van der Waals surface area contributed by atoms with Gasteiger partial charge in [-0.15, -0.1) is 0 Å². The van der Waals surface area contributed by atoms with Crippen LogP contribution in [0.5, 0.6) is 0 Å². The summed E-state index contributed by atoms with van der Waals surface area (Å²) in [6.07, 6.45) is 0. The van der Waals surface area contributed by atoms with Gasteiger partial charge in [-0.2, -0.15) is 4.98 Å². The summed E-state index contributed by atoms with van der Waals surface area (Å²) in [5, 5.41) is 0. The van der Waals surface area contributed by atoms with Gasteiger partial charge in [0.25, 0.3) is 5.56 Å². The van der Waals surface area contributed by atoms with Crippen molar-refractivity contribution in [3.63, 3.8) is 0 Å². The third kappa shape index (κ3) is 2.56. The van der Waals surface area contributed by atoms with Crippen molar-refractivity contribution in [3.05, 3.63) is 86.2 Å². The van der Waals surface area contributed by atoms with Crippen LogP contribution in [0.25, 0.3) is 33.9 Å². The summed E-state index contributed by atoms with van der Waals surface area (Å²) in [5.74, 6) is 0.605. The van der Waals surface area contributed by atoms with Crippen molar-refractivity contribution in [2.45, 2.75) is 20.8 Å². The van der Waals surface area contributed by atoms with Crippen LogP contribution in [0.4, 0.5) is 0 Å². The van der Waals surface area contributed by atoms with Crippen LogP contribution in [0.2, 0.25) is 0 Å². The monoisotopic (exact) mass is 413 g/mol. The summed E-state index contributed by atoms with van der Waals surface area (Å²) in [6, 6.07) is 16.3. The molecule has 0 atom stereocenters. The van der Waals surface area contributed by atoms with Gasteiger partial charge in [-0.1, -0.05) is 36.4 Å². The normalized spacial score (nSPS) is 11.6. The Balaban J connectivity index is 2.04. The molecule has 0 N–H and O–H groups in total. The maximum absolute atomic E-state index is 13.1. The van der Waals surface area contributed by atoms with Gasteiger partial charge in [-0.3, -0.25) is 22.9 Å². The molecule has 3 heterocycles. The highest BCUT2D eigenvalue weighted by Crippen LogP contribution is 2.32. The zero-order valence-corrected chi connectivity index (χ0v) is 18.2. The topological polar surface area (TPSA) is 66.2 Å². The Labute approximate surface area is 178 Å². The molecule has 0 amide bonds. The standard InChI is InChI=1S/C24H23N5O2/c1-14-11-12-18(13-15(14)2)29-19(17-9-7-6-8-10-17)16(3)28-20-21(25-23(28)29)26(4)24(31)27(5)22(20)30/h6-13H,1-5H3. The molecule has 7 heteroatoms. The molecule has 0 saturated carbocycles. The number of hydrogen-bond donors (Lipinski definition) is 0. The first-order valence-electron chi connectivity index (χ1n) is 10.1. The molecule has 0 spiro atoms.